The Balaban J connectivity index is 1.39. The molecule has 2 aliphatic carbocycles. The minimum atomic E-state index is -3.90. The highest BCUT2D eigenvalue weighted by Gasteiger charge is 2.26. The van der Waals surface area contributed by atoms with E-state index in [0.717, 1.165) is 30.4 Å². The molecular formula is C27H36N2O5S. The highest BCUT2D eigenvalue weighted by molar-refractivity contribution is 7.92. The van der Waals surface area contributed by atoms with E-state index in [1.807, 2.05) is 6.07 Å². The number of rotatable bonds is 7. The summed E-state index contributed by atoms with van der Waals surface area (Å²) < 4.78 is 33.5. The number of anilines is 1. The van der Waals surface area contributed by atoms with Crippen molar-refractivity contribution in [3.63, 3.8) is 0 Å². The van der Waals surface area contributed by atoms with Crippen LogP contribution in [0, 0.1) is 11.8 Å². The lowest BCUT2D eigenvalue weighted by Gasteiger charge is -2.33. The van der Waals surface area contributed by atoms with Crippen molar-refractivity contribution in [2.24, 2.45) is 11.8 Å². The molecular weight excluding hydrogens is 464 g/mol. The summed E-state index contributed by atoms with van der Waals surface area (Å²) in [6.45, 7) is 0. The van der Waals surface area contributed by atoms with E-state index in [1.165, 1.54) is 89.3 Å². The average molecular weight is 501 g/mol. The van der Waals surface area contributed by atoms with Crippen LogP contribution in [-0.2, 0) is 10.0 Å². The van der Waals surface area contributed by atoms with Crippen LogP contribution in [0.2, 0.25) is 0 Å². The zero-order chi connectivity index (χ0) is 24.8. The predicted octanol–water partition coefficient (Wildman–Crippen LogP) is 6.22. The Morgan fingerprint density at radius 3 is 2.17 bits per heavy atom. The van der Waals surface area contributed by atoms with Crippen LogP contribution in [0.25, 0.3) is 0 Å². The number of pyridine rings is 1. The standard InChI is InChI=1S/C27H36N2O5S/c1-34-26-17-22(27(30)31)13-15-25(26)29-35(32,33)23-14-16-24(28-18-23)21-11-5-9-20(10-6-12-21)19-7-3-2-4-8-19/h13-21,29H,2-12H2,1H3,(H,30,31). The molecule has 190 valence electrons. The lowest BCUT2D eigenvalue weighted by molar-refractivity contribution is 0.0696. The Morgan fingerprint density at radius 2 is 1.60 bits per heavy atom. The van der Waals surface area contributed by atoms with Gasteiger partial charge in [0.25, 0.3) is 10.0 Å². The van der Waals surface area contributed by atoms with Gasteiger partial charge in [-0.3, -0.25) is 9.71 Å². The first-order valence-corrected chi connectivity index (χ1v) is 14.3. The number of nitrogens with one attached hydrogen (secondary N) is 1. The van der Waals surface area contributed by atoms with Crippen molar-refractivity contribution in [2.75, 3.05) is 11.8 Å². The Bertz CT molecular complexity index is 1100. The molecule has 0 saturated heterocycles. The molecule has 4 rings (SSSR count). The van der Waals surface area contributed by atoms with E-state index in [1.54, 1.807) is 6.07 Å². The molecule has 0 aliphatic heterocycles. The number of carboxylic acids is 1. The van der Waals surface area contributed by atoms with Crippen LogP contribution in [-0.4, -0.2) is 31.6 Å². The molecule has 1 aromatic carbocycles. The van der Waals surface area contributed by atoms with Gasteiger partial charge in [-0.25, -0.2) is 13.2 Å². The monoisotopic (exact) mass is 500 g/mol. The summed E-state index contributed by atoms with van der Waals surface area (Å²) in [7, 11) is -2.54. The van der Waals surface area contributed by atoms with Crippen molar-refractivity contribution >= 4 is 21.7 Å². The summed E-state index contributed by atoms with van der Waals surface area (Å²) in [6.07, 6.45) is 15.7. The first kappa shape index (κ1) is 25.5. The molecule has 2 N–H and O–H groups in total. The summed E-state index contributed by atoms with van der Waals surface area (Å²) in [5.41, 5.74) is 1.15. The van der Waals surface area contributed by atoms with Crippen molar-refractivity contribution in [2.45, 2.75) is 81.4 Å². The van der Waals surface area contributed by atoms with Crippen LogP contribution in [0.4, 0.5) is 5.69 Å². The molecule has 2 saturated carbocycles. The van der Waals surface area contributed by atoms with Crippen molar-refractivity contribution in [3.05, 3.63) is 47.8 Å². The second-order valence-corrected chi connectivity index (χ2v) is 11.6. The number of aromatic carboxylic acids is 1. The van der Waals surface area contributed by atoms with Gasteiger partial charge in [0.1, 0.15) is 10.6 Å². The van der Waals surface area contributed by atoms with Gasteiger partial charge in [-0.2, -0.15) is 0 Å². The average Bonchev–Trinajstić information content (AvgIpc) is 2.84. The van der Waals surface area contributed by atoms with E-state index in [9.17, 15) is 13.2 Å². The van der Waals surface area contributed by atoms with Gasteiger partial charge in [-0.05, 0) is 55.0 Å². The Labute approximate surface area is 208 Å². The highest BCUT2D eigenvalue weighted by atomic mass is 32.2. The molecule has 35 heavy (non-hydrogen) atoms. The molecule has 0 unspecified atom stereocenters. The maximum Gasteiger partial charge on any atom is 0.335 e. The molecule has 2 fully saturated rings. The minimum absolute atomic E-state index is 0.0140. The van der Waals surface area contributed by atoms with E-state index in [-0.39, 0.29) is 21.9 Å². The lowest BCUT2D eigenvalue weighted by Crippen LogP contribution is -2.20. The number of hydrogen-bond acceptors (Lipinski definition) is 5. The van der Waals surface area contributed by atoms with Gasteiger partial charge in [-0.15, -0.1) is 0 Å². The third-order valence-corrected chi connectivity index (χ3v) is 9.10. The van der Waals surface area contributed by atoms with Gasteiger partial charge in [-0.1, -0.05) is 57.8 Å². The number of methoxy groups -OCH3 is 1. The van der Waals surface area contributed by atoms with Crippen LogP contribution in [0.5, 0.6) is 5.75 Å². The first-order valence-electron chi connectivity index (χ1n) is 12.8. The zero-order valence-electron chi connectivity index (χ0n) is 20.4. The van der Waals surface area contributed by atoms with Gasteiger partial charge in [0.15, 0.2) is 0 Å². The Kier molecular flexibility index (Phi) is 8.31. The number of ether oxygens (including phenoxy) is 1. The van der Waals surface area contributed by atoms with Crippen molar-refractivity contribution in [1.82, 2.24) is 4.98 Å². The third kappa shape index (κ3) is 6.34. The van der Waals surface area contributed by atoms with Crippen LogP contribution < -0.4 is 9.46 Å². The van der Waals surface area contributed by atoms with Gasteiger partial charge < -0.3 is 9.84 Å². The van der Waals surface area contributed by atoms with Crippen molar-refractivity contribution in [1.29, 1.82) is 0 Å². The fourth-order valence-electron chi connectivity index (χ4n) is 5.82. The SMILES string of the molecule is COc1cc(C(=O)O)ccc1NS(=O)(=O)c1ccc(C2CCCC(C3CCCCC3)CCC2)nc1. The number of carboxylic acid groups (broad SMARTS) is 1. The molecule has 7 nitrogen and oxygen atoms in total. The summed E-state index contributed by atoms with van der Waals surface area (Å²) in [5.74, 6) is 1.20. The molecule has 1 heterocycles. The minimum Gasteiger partial charge on any atom is -0.495 e. The summed E-state index contributed by atoms with van der Waals surface area (Å²) in [4.78, 5) is 15.8. The predicted molar refractivity (Wildman–Crippen MR) is 136 cm³/mol. The van der Waals surface area contributed by atoms with Crippen LogP contribution in [0.3, 0.4) is 0 Å². The quantitative estimate of drug-likeness (QED) is 0.467. The van der Waals surface area contributed by atoms with Crippen molar-refractivity contribution < 1.29 is 23.1 Å². The van der Waals surface area contributed by atoms with Gasteiger partial charge in [0.2, 0.25) is 0 Å². The number of hydrogen-bond donors (Lipinski definition) is 2. The second kappa shape index (κ2) is 11.4. The number of benzene rings is 1. The van der Waals surface area contributed by atoms with E-state index < -0.39 is 16.0 Å². The largest absolute Gasteiger partial charge is 0.495 e. The number of nitrogens with zero attached hydrogens (tertiary/aromatic N) is 1. The third-order valence-electron chi connectivity index (χ3n) is 7.75. The highest BCUT2D eigenvalue weighted by Crippen LogP contribution is 2.39. The maximum absolute atomic E-state index is 12.9. The van der Waals surface area contributed by atoms with E-state index in [4.69, 9.17) is 9.84 Å². The van der Waals surface area contributed by atoms with E-state index in [2.05, 4.69) is 9.71 Å². The number of aromatic nitrogens is 1. The first-order chi connectivity index (χ1) is 16.9. The summed E-state index contributed by atoms with van der Waals surface area (Å²) in [6, 6.07) is 7.44. The summed E-state index contributed by atoms with van der Waals surface area (Å²) in [5, 5.41) is 9.14. The number of carbonyl (C=O) groups is 1. The number of sulfonamides is 1. The lowest BCUT2D eigenvalue weighted by atomic mass is 9.73. The normalized spacial score (nSPS) is 22.1. The summed E-state index contributed by atoms with van der Waals surface area (Å²) >= 11 is 0. The molecule has 0 spiro atoms. The van der Waals surface area contributed by atoms with E-state index in [0.29, 0.717) is 5.92 Å². The molecule has 0 radical (unpaired) electrons. The molecule has 2 aromatic rings. The van der Waals surface area contributed by atoms with Gasteiger partial charge in [0, 0.05) is 17.8 Å². The van der Waals surface area contributed by atoms with Crippen molar-refractivity contribution in [3.8, 4) is 5.75 Å². The molecule has 0 bridgehead atoms. The molecule has 1 aromatic heterocycles. The van der Waals surface area contributed by atoms with Crippen LogP contribution in [0.15, 0.2) is 41.4 Å². The maximum atomic E-state index is 12.9. The fourth-order valence-corrected chi connectivity index (χ4v) is 6.83. The Hall–Kier alpha value is -2.61. The molecule has 8 heteroatoms. The van der Waals surface area contributed by atoms with Gasteiger partial charge >= 0.3 is 5.97 Å². The fraction of sp³-hybridized carbons (Fsp3) is 0.556. The van der Waals surface area contributed by atoms with Crippen LogP contribution >= 0.6 is 0 Å². The molecule has 0 atom stereocenters. The molecule has 2 aliphatic rings. The Morgan fingerprint density at radius 1 is 0.943 bits per heavy atom. The smallest absolute Gasteiger partial charge is 0.335 e. The van der Waals surface area contributed by atoms with Crippen LogP contribution in [0.1, 0.15) is 92.6 Å². The van der Waals surface area contributed by atoms with E-state index >= 15 is 0 Å². The topological polar surface area (TPSA) is 106 Å². The zero-order valence-corrected chi connectivity index (χ0v) is 21.2. The molecule has 0 amide bonds. The van der Waals surface area contributed by atoms with Gasteiger partial charge in [0.05, 0.1) is 18.4 Å². The second-order valence-electron chi connectivity index (χ2n) is 9.96.